The van der Waals surface area contributed by atoms with Gasteiger partial charge in [0.25, 0.3) is 6.43 Å². The van der Waals surface area contributed by atoms with Crippen LogP contribution in [-0.4, -0.2) is 28.0 Å². The van der Waals surface area contributed by atoms with Crippen molar-refractivity contribution in [1.29, 1.82) is 0 Å². The molecule has 0 unspecified atom stereocenters. The van der Waals surface area contributed by atoms with Gasteiger partial charge in [0.2, 0.25) is 0 Å². The molecule has 0 spiro atoms. The van der Waals surface area contributed by atoms with Gasteiger partial charge in [0.1, 0.15) is 11.6 Å². The molecule has 0 aliphatic heterocycles. The Labute approximate surface area is 117 Å². The van der Waals surface area contributed by atoms with Gasteiger partial charge in [-0.15, -0.1) is 0 Å². The van der Waals surface area contributed by atoms with E-state index in [0.29, 0.717) is 6.07 Å². The maximum Gasteiger partial charge on any atom is 0.356 e. The summed E-state index contributed by atoms with van der Waals surface area (Å²) in [5, 5.41) is 12.6. The van der Waals surface area contributed by atoms with E-state index in [0.717, 1.165) is 16.8 Å². The lowest BCUT2D eigenvalue weighted by Gasteiger charge is -2.13. The number of aromatic carboxylic acids is 1. The molecule has 112 valence electrons. The van der Waals surface area contributed by atoms with Crippen molar-refractivity contribution in [2.45, 2.75) is 6.43 Å². The first-order valence-electron chi connectivity index (χ1n) is 5.78. The third-order valence-corrected chi connectivity index (χ3v) is 2.90. The highest BCUT2D eigenvalue weighted by atomic mass is 19.3. The number of carbonyl (C=O) groups is 1. The molecule has 0 amide bonds. The van der Waals surface area contributed by atoms with Crippen LogP contribution < -0.4 is 4.74 Å². The van der Waals surface area contributed by atoms with Crippen LogP contribution in [0.4, 0.5) is 13.2 Å². The highest BCUT2D eigenvalue weighted by Gasteiger charge is 2.23. The Morgan fingerprint density at radius 3 is 2.52 bits per heavy atom. The highest BCUT2D eigenvalue weighted by Crippen LogP contribution is 2.38. The quantitative estimate of drug-likeness (QED) is 0.943. The van der Waals surface area contributed by atoms with Crippen molar-refractivity contribution in [3.8, 4) is 17.0 Å². The molecule has 0 aliphatic carbocycles. The second-order valence-electron chi connectivity index (χ2n) is 4.22. The van der Waals surface area contributed by atoms with E-state index in [1.165, 1.54) is 14.2 Å². The number of carboxylic acids is 1. The van der Waals surface area contributed by atoms with Crippen molar-refractivity contribution in [3.63, 3.8) is 0 Å². The van der Waals surface area contributed by atoms with Crippen molar-refractivity contribution < 1.29 is 27.8 Å². The summed E-state index contributed by atoms with van der Waals surface area (Å²) in [5.41, 5.74) is -0.719. The minimum Gasteiger partial charge on any atom is -0.496 e. The number of aryl methyl sites for hydroxylation is 1. The smallest absolute Gasteiger partial charge is 0.356 e. The molecular weight excluding hydrogens is 289 g/mol. The summed E-state index contributed by atoms with van der Waals surface area (Å²) >= 11 is 0. The molecule has 0 fully saturated rings. The number of alkyl halides is 2. The number of ether oxygens (including phenoxy) is 1. The number of benzene rings is 1. The van der Waals surface area contributed by atoms with E-state index < -0.39 is 23.8 Å². The Morgan fingerprint density at radius 1 is 1.38 bits per heavy atom. The fraction of sp³-hybridized carbons (Fsp3) is 0.231. The molecular formula is C13H11F3N2O3. The summed E-state index contributed by atoms with van der Waals surface area (Å²) in [7, 11) is 2.60. The van der Waals surface area contributed by atoms with Crippen molar-refractivity contribution in [2.75, 3.05) is 7.11 Å². The van der Waals surface area contributed by atoms with Gasteiger partial charge in [-0.05, 0) is 18.2 Å². The number of methoxy groups -OCH3 is 1. The van der Waals surface area contributed by atoms with E-state index in [9.17, 15) is 18.0 Å². The number of hydrogen-bond donors (Lipinski definition) is 1. The Balaban J connectivity index is 2.71. The molecule has 0 aliphatic rings. The van der Waals surface area contributed by atoms with Gasteiger partial charge in [0.15, 0.2) is 5.69 Å². The summed E-state index contributed by atoms with van der Waals surface area (Å²) in [6.07, 6.45) is -2.93. The molecule has 2 rings (SSSR count). The van der Waals surface area contributed by atoms with Crippen LogP contribution in [0.3, 0.4) is 0 Å². The van der Waals surface area contributed by atoms with Crippen LogP contribution in [0, 0.1) is 5.82 Å². The monoisotopic (exact) mass is 300 g/mol. The first kappa shape index (κ1) is 14.9. The molecule has 0 bridgehead atoms. The standard InChI is InChI=1S/C13H11F3N2O3/c1-18-10(5-9(17-18)13(19)20)7-3-6(14)4-8(12(15)16)11(7)21-2/h3-5,12H,1-2H3,(H,19,20). The minimum absolute atomic E-state index is 0.00954. The van der Waals surface area contributed by atoms with Crippen LogP contribution in [0.2, 0.25) is 0 Å². The summed E-state index contributed by atoms with van der Waals surface area (Å²) in [4.78, 5) is 10.9. The van der Waals surface area contributed by atoms with Gasteiger partial charge in [0, 0.05) is 12.6 Å². The van der Waals surface area contributed by atoms with E-state index in [-0.39, 0.29) is 22.7 Å². The van der Waals surface area contributed by atoms with Gasteiger partial charge in [-0.25, -0.2) is 18.0 Å². The van der Waals surface area contributed by atoms with Crippen molar-refractivity contribution in [1.82, 2.24) is 9.78 Å². The second kappa shape index (κ2) is 5.47. The second-order valence-corrected chi connectivity index (χ2v) is 4.22. The lowest BCUT2D eigenvalue weighted by atomic mass is 10.0. The maximum atomic E-state index is 13.6. The van der Waals surface area contributed by atoms with Crippen LogP contribution in [0.25, 0.3) is 11.3 Å². The third kappa shape index (κ3) is 2.69. The average Bonchev–Trinajstić information content (AvgIpc) is 2.79. The normalized spacial score (nSPS) is 11.0. The maximum absolute atomic E-state index is 13.6. The van der Waals surface area contributed by atoms with Gasteiger partial charge >= 0.3 is 5.97 Å². The third-order valence-electron chi connectivity index (χ3n) is 2.90. The minimum atomic E-state index is -2.93. The zero-order chi connectivity index (χ0) is 15.7. The zero-order valence-electron chi connectivity index (χ0n) is 11.1. The van der Waals surface area contributed by atoms with E-state index >= 15 is 0 Å². The Morgan fingerprint density at radius 2 is 2.05 bits per heavy atom. The molecule has 2 aromatic rings. The number of carboxylic acid groups (broad SMARTS) is 1. The molecule has 1 N–H and O–H groups in total. The van der Waals surface area contributed by atoms with Crippen LogP contribution in [0.15, 0.2) is 18.2 Å². The predicted octanol–water partition coefficient (Wildman–Crippen LogP) is 2.87. The molecule has 1 heterocycles. The van der Waals surface area contributed by atoms with Gasteiger partial charge in [-0.3, -0.25) is 4.68 Å². The molecule has 0 saturated heterocycles. The highest BCUT2D eigenvalue weighted by molar-refractivity contribution is 5.87. The Hall–Kier alpha value is -2.51. The van der Waals surface area contributed by atoms with Gasteiger partial charge in [0.05, 0.1) is 18.4 Å². The van der Waals surface area contributed by atoms with Gasteiger partial charge in [-0.1, -0.05) is 0 Å². The van der Waals surface area contributed by atoms with E-state index in [4.69, 9.17) is 9.84 Å². The first-order valence-corrected chi connectivity index (χ1v) is 5.78. The number of nitrogens with zero attached hydrogens (tertiary/aromatic N) is 2. The number of aromatic nitrogens is 2. The molecule has 5 nitrogen and oxygen atoms in total. The Bertz CT molecular complexity index is 698. The average molecular weight is 300 g/mol. The van der Waals surface area contributed by atoms with Crippen LogP contribution >= 0.6 is 0 Å². The fourth-order valence-corrected chi connectivity index (χ4v) is 2.02. The fourth-order valence-electron chi connectivity index (χ4n) is 2.02. The van der Waals surface area contributed by atoms with E-state index in [2.05, 4.69) is 5.10 Å². The predicted molar refractivity (Wildman–Crippen MR) is 67.1 cm³/mol. The topological polar surface area (TPSA) is 64.3 Å². The molecule has 1 aromatic carbocycles. The lowest BCUT2D eigenvalue weighted by Crippen LogP contribution is -2.01. The van der Waals surface area contributed by atoms with Crippen LogP contribution in [0.5, 0.6) is 5.75 Å². The van der Waals surface area contributed by atoms with Crippen molar-refractivity contribution >= 4 is 5.97 Å². The number of halogens is 3. The van der Waals surface area contributed by atoms with Crippen molar-refractivity contribution in [3.05, 3.63) is 35.3 Å². The van der Waals surface area contributed by atoms with E-state index in [1.54, 1.807) is 0 Å². The van der Waals surface area contributed by atoms with E-state index in [1.807, 2.05) is 0 Å². The number of rotatable bonds is 4. The molecule has 1 aromatic heterocycles. The SMILES string of the molecule is COc1c(-c2cc(C(=O)O)nn2C)cc(F)cc1C(F)F. The first-order chi connectivity index (χ1) is 9.85. The summed E-state index contributed by atoms with van der Waals surface area (Å²) in [5.74, 6) is -2.37. The van der Waals surface area contributed by atoms with Gasteiger partial charge in [-0.2, -0.15) is 5.10 Å². The zero-order valence-corrected chi connectivity index (χ0v) is 11.1. The lowest BCUT2D eigenvalue weighted by molar-refractivity contribution is 0.0689. The summed E-state index contributed by atoms with van der Waals surface area (Å²) in [6, 6.07) is 2.84. The Kier molecular flexibility index (Phi) is 3.88. The van der Waals surface area contributed by atoms with Crippen LogP contribution in [-0.2, 0) is 7.05 Å². The molecule has 0 saturated carbocycles. The molecule has 0 atom stereocenters. The summed E-state index contributed by atoms with van der Waals surface area (Å²) < 4.78 is 45.6. The molecule has 0 radical (unpaired) electrons. The number of hydrogen-bond acceptors (Lipinski definition) is 3. The molecule has 21 heavy (non-hydrogen) atoms. The van der Waals surface area contributed by atoms with Gasteiger partial charge < -0.3 is 9.84 Å². The largest absolute Gasteiger partial charge is 0.496 e. The van der Waals surface area contributed by atoms with Crippen molar-refractivity contribution in [2.24, 2.45) is 7.05 Å². The molecule has 8 heteroatoms. The summed E-state index contributed by atoms with van der Waals surface area (Å²) in [6.45, 7) is 0. The van der Waals surface area contributed by atoms with Crippen LogP contribution in [0.1, 0.15) is 22.5 Å².